The minimum absolute atomic E-state index is 0.108. The number of halogens is 5. The molecule has 3 N–H and O–H groups in total. The summed E-state index contributed by atoms with van der Waals surface area (Å²) in [6, 6.07) is 3.96. The fourth-order valence-corrected chi connectivity index (χ4v) is 4.63. The molecule has 6 atom stereocenters. The smallest absolute Gasteiger partial charge is 0.194 e. The summed E-state index contributed by atoms with van der Waals surface area (Å²) in [4.78, 5) is 13.5. The molecule has 0 saturated carbocycles. The van der Waals surface area contributed by atoms with Gasteiger partial charge in [-0.15, -0.1) is 5.10 Å². The van der Waals surface area contributed by atoms with Gasteiger partial charge in [-0.05, 0) is 29.8 Å². The van der Waals surface area contributed by atoms with Gasteiger partial charge in [-0.25, -0.2) is 22.2 Å². The monoisotopic (exact) mass is 601 g/mol. The first-order valence-corrected chi connectivity index (χ1v) is 12.9. The average molecular weight is 602 g/mol. The van der Waals surface area contributed by atoms with Gasteiger partial charge in [-0.1, -0.05) is 43.7 Å². The van der Waals surface area contributed by atoms with Crippen molar-refractivity contribution in [3.8, 4) is 11.3 Å². The predicted octanol–water partition coefficient (Wildman–Crippen LogP) is 3.38. The van der Waals surface area contributed by atoms with Crippen LogP contribution in [0.4, 0.5) is 17.6 Å². The second-order valence-electron chi connectivity index (χ2n) is 10.7. The van der Waals surface area contributed by atoms with E-state index in [0.717, 1.165) is 16.9 Å². The second-order valence-corrected chi connectivity index (χ2v) is 11.1. The van der Waals surface area contributed by atoms with Gasteiger partial charge in [0.1, 0.15) is 48.1 Å². The number of aliphatic hydroxyl groups is 3. The van der Waals surface area contributed by atoms with Gasteiger partial charge in [0.25, 0.3) is 0 Å². The highest BCUT2D eigenvalue weighted by Gasteiger charge is 2.51. The number of ether oxygens (including phenoxy) is 2. The highest BCUT2D eigenvalue weighted by molar-refractivity contribution is 6.30. The van der Waals surface area contributed by atoms with E-state index in [1.165, 1.54) is 12.1 Å². The van der Waals surface area contributed by atoms with Gasteiger partial charge >= 0.3 is 0 Å². The number of hydrogen-bond donors (Lipinski definition) is 3. The molecule has 1 aliphatic rings. The minimum atomic E-state index is -1.69. The maximum absolute atomic E-state index is 14.0. The molecule has 0 aliphatic carbocycles. The predicted molar refractivity (Wildman–Crippen MR) is 137 cm³/mol. The van der Waals surface area contributed by atoms with Gasteiger partial charge in [0.15, 0.2) is 23.2 Å². The standard InChI is InChI=1S/C27H28ClF4N3O6/c1-27(2,3)26(39)25(40-11-12-4-5-14(28)15(29)6-12)24-23(38)21(22(37)19(10-36)41-24)35-9-18(33-34-35)13-7-16(30)20(32)17(31)8-13/h4-9,19,21-25,36-38H,10-11H2,1-3H3/t19?,21-,22-,23?,24+,25-/m0/s1. The van der Waals surface area contributed by atoms with Crippen molar-refractivity contribution in [2.24, 2.45) is 5.41 Å². The fourth-order valence-electron chi connectivity index (χ4n) is 4.51. The van der Waals surface area contributed by atoms with E-state index >= 15 is 0 Å². The third-order valence-electron chi connectivity index (χ3n) is 6.73. The molecule has 1 fully saturated rings. The molecular formula is C27H28ClF4N3O6. The van der Waals surface area contributed by atoms with Gasteiger partial charge in [0.2, 0.25) is 0 Å². The summed E-state index contributed by atoms with van der Waals surface area (Å²) in [7, 11) is 0. The first-order chi connectivity index (χ1) is 19.2. The maximum Gasteiger partial charge on any atom is 0.194 e. The zero-order valence-corrected chi connectivity index (χ0v) is 22.9. The SMILES string of the molecule is CC(C)(C)C(=O)[C@@H](OCc1ccc(Cl)c(F)c1)[C@@H]1OC(CO)[C@H](O)[C@H](n2cc(-c3cc(F)c(F)c(F)c3)nn2)C1O. The molecule has 2 aromatic carbocycles. The number of benzene rings is 2. The highest BCUT2D eigenvalue weighted by atomic mass is 35.5. The van der Waals surface area contributed by atoms with Gasteiger partial charge in [0, 0.05) is 11.0 Å². The molecule has 4 rings (SSSR count). The second kappa shape index (κ2) is 12.1. The van der Waals surface area contributed by atoms with Crippen molar-refractivity contribution in [1.29, 1.82) is 0 Å². The van der Waals surface area contributed by atoms with Crippen molar-refractivity contribution in [2.75, 3.05) is 6.61 Å². The van der Waals surface area contributed by atoms with E-state index in [4.69, 9.17) is 21.1 Å². The Morgan fingerprint density at radius 3 is 2.34 bits per heavy atom. The van der Waals surface area contributed by atoms with Crippen molar-refractivity contribution in [3.05, 3.63) is 70.4 Å². The molecule has 14 heteroatoms. The van der Waals surface area contributed by atoms with E-state index < -0.39 is 77.6 Å². The number of nitrogens with zero attached hydrogens (tertiary/aromatic N) is 3. The largest absolute Gasteiger partial charge is 0.394 e. The Morgan fingerprint density at radius 2 is 1.76 bits per heavy atom. The van der Waals surface area contributed by atoms with Gasteiger partial charge in [0.05, 0.1) is 24.4 Å². The highest BCUT2D eigenvalue weighted by Crippen LogP contribution is 2.35. The normalized spacial score (nSPS) is 23.9. The molecule has 2 heterocycles. The third kappa shape index (κ3) is 6.45. The third-order valence-corrected chi connectivity index (χ3v) is 7.04. The lowest BCUT2D eigenvalue weighted by Gasteiger charge is -2.45. The Hall–Kier alpha value is -2.94. The van der Waals surface area contributed by atoms with Crippen LogP contribution in [0.1, 0.15) is 32.4 Å². The van der Waals surface area contributed by atoms with Crippen LogP contribution in [0.3, 0.4) is 0 Å². The van der Waals surface area contributed by atoms with Gasteiger partial charge in [-0.3, -0.25) is 4.79 Å². The molecular weight excluding hydrogens is 574 g/mol. The zero-order chi connectivity index (χ0) is 30.2. The number of ketones is 1. The molecule has 1 aliphatic heterocycles. The van der Waals surface area contributed by atoms with E-state index in [0.29, 0.717) is 17.7 Å². The number of Topliss-reactive ketones (excluding diaryl/α,β-unsaturated/α-hetero) is 1. The molecule has 0 bridgehead atoms. The van der Waals surface area contributed by atoms with E-state index in [2.05, 4.69) is 10.3 Å². The lowest BCUT2D eigenvalue weighted by molar-refractivity contribution is -0.236. The average Bonchev–Trinajstić information content (AvgIpc) is 3.39. The van der Waals surface area contributed by atoms with Crippen LogP contribution in [-0.2, 0) is 20.9 Å². The summed E-state index contributed by atoms with van der Waals surface area (Å²) < 4.78 is 67.6. The first kappa shape index (κ1) is 31.0. The summed E-state index contributed by atoms with van der Waals surface area (Å²) in [6.07, 6.45) is -6.37. The fraction of sp³-hybridized carbons (Fsp3) is 0.444. The number of aliphatic hydroxyl groups excluding tert-OH is 3. The molecule has 2 unspecified atom stereocenters. The summed E-state index contributed by atoms with van der Waals surface area (Å²) >= 11 is 5.74. The Bertz CT molecular complexity index is 1390. The van der Waals surface area contributed by atoms with E-state index in [1.54, 1.807) is 20.8 Å². The molecule has 41 heavy (non-hydrogen) atoms. The summed E-state index contributed by atoms with van der Waals surface area (Å²) in [5.41, 5.74) is -0.956. The molecule has 0 radical (unpaired) electrons. The lowest BCUT2D eigenvalue weighted by Crippen LogP contribution is -2.61. The minimum Gasteiger partial charge on any atom is -0.394 e. The number of aromatic nitrogens is 3. The van der Waals surface area contributed by atoms with Crippen molar-refractivity contribution in [2.45, 2.75) is 63.9 Å². The maximum atomic E-state index is 14.0. The quantitative estimate of drug-likeness (QED) is 0.265. The molecule has 9 nitrogen and oxygen atoms in total. The molecule has 3 aromatic rings. The Labute approximate surface area is 237 Å². The van der Waals surface area contributed by atoms with E-state index in [9.17, 15) is 37.7 Å². The van der Waals surface area contributed by atoms with Crippen LogP contribution < -0.4 is 0 Å². The number of rotatable bonds is 8. The summed E-state index contributed by atoms with van der Waals surface area (Å²) in [5, 5.41) is 39.8. The Kier molecular flexibility index (Phi) is 9.16. The van der Waals surface area contributed by atoms with Crippen LogP contribution in [-0.4, -0.2) is 73.2 Å². The molecule has 0 spiro atoms. The van der Waals surface area contributed by atoms with Crippen molar-refractivity contribution in [3.63, 3.8) is 0 Å². The molecule has 0 amide bonds. The Balaban J connectivity index is 1.68. The van der Waals surface area contributed by atoms with E-state index in [-0.39, 0.29) is 22.9 Å². The van der Waals surface area contributed by atoms with Crippen LogP contribution in [0.5, 0.6) is 0 Å². The van der Waals surface area contributed by atoms with Crippen molar-refractivity contribution < 1.29 is 47.1 Å². The molecule has 1 saturated heterocycles. The zero-order valence-electron chi connectivity index (χ0n) is 22.1. The van der Waals surface area contributed by atoms with Crippen molar-refractivity contribution >= 4 is 17.4 Å². The number of carbonyl (C=O) groups excluding carboxylic acids is 1. The Morgan fingerprint density at radius 1 is 1.10 bits per heavy atom. The summed E-state index contributed by atoms with van der Waals surface area (Å²) in [6.45, 7) is 3.84. The van der Waals surface area contributed by atoms with Crippen LogP contribution in [0.15, 0.2) is 36.5 Å². The number of carbonyl (C=O) groups is 1. The lowest BCUT2D eigenvalue weighted by atomic mass is 9.81. The summed E-state index contributed by atoms with van der Waals surface area (Å²) in [5.74, 6) is -5.78. The first-order valence-electron chi connectivity index (χ1n) is 12.5. The van der Waals surface area contributed by atoms with Gasteiger partial charge < -0.3 is 24.8 Å². The molecule has 222 valence electrons. The van der Waals surface area contributed by atoms with E-state index in [1.807, 2.05) is 0 Å². The number of hydrogen-bond acceptors (Lipinski definition) is 8. The van der Waals surface area contributed by atoms with Crippen LogP contribution >= 0.6 is 11.6 Å². The molecule has 1 aromatic heterocycles. The van der Waals surface area contributed by atoms with Crippen LogP contribution in [0, 0.1) is 28.7 Å². The van der Waals surface area contributed by atoms with Crippen LogP contribution in [0.25, 0.3) is 11.3 Å². The van der Waals surface area contributed by atoms with Gasteiger partial charge in [-0.2, -0.15) is 0 Å². The van der Waals surface area contributed by atoms with Crippen molar-refractivity contribution in [1.82, 2.24) is 15.0 Å². The van der Waals surface area contributed by atoms with Crippen LogP contribution in [0.2, 0.25) is 5.02 Å². The topological polar surface area (TPSA) is 127 Å².